The molecule has 2 atom stereocenters. The van der Waals surface area contributed by atoms with Crippen LogP contribution in [0.1, 0.15) is 28.8 Å². The first-order valence-corrected chi connectivity index (χ1v) is 17.2. The van der Waals surface area contributed by atoms with E-state index < -0.39 is 0 Å². The van der Waals surface area contributed by atoms with Gasteiger partial charge in [0.1, 0.15) is 0 Å². The van der Waals surface area contributed by atoms with Gasteiger partial charge in [-0.25, -0.2) is 5.43 Å². The summed E-state index contributed by atoms with van der Waals surface area (Å²) >= 11 is 1.85. The minimum Gasteiger partial charge on any atom is -0.355 e. The van der Waals surface area contributed by atoms with Crippen molar-refractivity contribution in [1.29, 1.82) is 0 Å². The second-order valence-corrected chi connectivity index (χ2v) is 13.2. The number of hydrogen-bond donors (Lipinski definition) is 4. The van der Waals surface area contributed by atoms with Crippen molar-refractivity contribution in [2.45, 2.75) is 18.6 Å². The second-order valence-electron chi connectivity index (χ2n) is 12.1. The Labute approximate surface area is 284 Å². The Morgan fingerprint density at radius 1 is 0.542 bits per heavy atom. The summed E-state index contributed by atoms with van der Waals surface area (Å²) in [6.45, 7) is 0.690. The number of hydrogen-bond acceptors (Lipinski definition) is 5. The largest absolute Gasteiger partial charge is 0.355 e. The van der Waals surface area contributed by atoms with Crippen molar-refractivity contribution in [3.63, 3.8) is 0 Å². The molecule has 0 amide bonds. The standard InChI is InChI=1S/C43H36N4S/c44-42(43(30-15-5-2-6-16-30)47-45-28-29-13-3-1-4-14-29)36-24-25-39(34-19-8-7-18-33(34)36)46-38-21-11-9-17-32(38)31-23-26-41-37(27-31)35-20-10-12-22-40(35)48-41/h1-27,42-43,45-47H,28,44H2/t42-,43?/m0/s1. The van der Waals surface area contributed by atoms with E-state index in [4.69, 9.17) is 5.73 Å². The highest BCUT2D eigenvalue weighted by Gasteiger charge is 2.23. The molecule has 0 aliphatic rings. The molecule has 0 radical (unpaired) electrons. The van der Waals surface area contributed by atoms with E-state index in [1.807, 2.05) is 23.5 Å². The molecule has 5 N–H and O–H groups in total. The molecular weight excluding hydrogens is 605 g/mol. The zero-order chi connectivity index (χ0) is 32.3. The minimum atomic E-state index is -0.311. The van der Waals surface area contributed by atoms with Gasteiger partial charge in [0.15, 0.2) is 0 Å². The molecule has 0 aliphatic heterocycles. The van der Waals surface area contributed by atoms with E-state index in [-0.39, 0.29) is 12.1 Å². The Hall–Kier alpha value is -5.30. The van der Waals surface area contributed by atoms with Crippen molar-refractivity contribution in [2.75, 3.05) is 5.32 Å². The van der Waals surface area contributed by atoms with Gasteiger partial charge in [0.05, 0.1) is 12.1 Å². The third-order valence-corrected chi connectivity index (χ3v) is 10.3. The van der Waals surface area contributed by atoms with Gasteiger partial charge < -0.3 is 11.1 Å². The summed E-state index contributed by atoms with van der Waals surface area (Å²) in [6, 6.07) is 57.3. The van der Waals surface area contributed by atoms with Crippen molar-refractivity contribution in [3.05, 3.63) is 180 Å². The van der Waals surface area contributed by atoms with E-state index in [1.165, 1.54) is 31.3 Å². The number of para-hydroxylation sites is 1. The quantitative estimate of drug-likeness (QED) is 0.112. The summed E-state index contributed by atoms with van der Waals surface area (Å²) in [5, 5.41) is 8.67. The second kappa shape index (κ2) is 13.4. The molecule has 0 saturated heterocycles. The third kappa shape index (κ3) is 5.97. The van der Waals surface area contributed by atoms with Gasteiger partial charge in [0.2, 0.25) is 0 Å². The third-order valence-electron chi connectivity index (χ3n) is 9.11. The lowest BCUT2D eigenvalue weighted by molar-refractivity contribution is 0.386. The highest BCUT2D eigenvalue weighted by Crippen LogP contribution is 2.40. The number of anilines is 2. The van der Waals surface area contributed by atoms with Crippen LogP contribution in [0.5, 0.6) is 0 Å². The van der Waals surface area contributed by atoms with Crippen LogP contribution in [0, 0.1) is 0 Å². The van der Waals surface area contributed by atoms with Gasteiger partial charge in [0, 0.05) is 49.0 Å². The fourth-order valence-corrected chi connectivity index (χ4v) is 7.77. The Balaban J connectivity index is 1.12. The monoisotopic (exact) mass is 640 g/mol. The van der Waals surface area contributed by atoms with Crippen LogP contribution in [0.25, 0.3) is 42.1 Å². The molecule has 1 unspecified atom stereocenters. The summed E-state index contributed by atoms with van der Waals surface area (Å²) in [7, 11) is 0. The molecule has 5 heteroatoms. The van der Waals surface area contributed by atoms with Gasteiger partial charge >= 0.3 is 0 Å². The summed E-state index contributed by atoms with van der Waals surface area (Å²) in [6.07, 6.45) is 0. The van der Waals surface area contributed by atoms with Gasteiger partial charge in [-0.1, -0.05) is 133 Å². The smallest absolute Gasteiger partial charge is 0.0655 e. The van der Waals surface area contributed by atoms with Crippen LogP contribution in [0.4, 0.5) is 11.4 Å². The maximum absolute atomic E-state index is 7.17. The molecular formula is C43H36N4S. The van der Waals surface area contributed by atoms with E-state index >= 15 is 0 Å². The summed E-state index contributed by atoms with van der Waals surface area (Å²) in [5.41, 5.74) is 22.1. The lowest BCUT2D eigenvalue weighted by atomic mass is 9.90. The Bertz CT molecular complexity index is 2330. The molecule has 48 heavy (non-hydrogen) atoms. The molecule has 0 fully saturated rings. The first-order valence-electron chi connectivity index (χ1n) is 16.4. The van der Waals surface area contributed by atoms with Crippen LogP contribution in [0.15, 0.2) is 164 Å². The van der Waals surface area contributed by atoms with E-state index in [9.17, 15) is 0 Å². The number of nitrogens with one attached hydrogen (secondary N) is 3. The van der Waals surface area contributed by atoms with Crippen LogP contribution in [-0.4, -0.2) is 0 Å². The fourth-order valence-electron chi connectivity index (χ4n) is 6.68. The molecule has 8 rings (SSSR count). The van der Waals surface area contributed by atoms with E-state index in [0.29, 0.717) is 6.54 Å². The highest BCUT2D eigenvalue weighted by molar-refractivity contribution is 7.25. The van der Waals surface area contributed by atoms with Gasteiger partial charge in [-0.05, 0) is 58.0 Å². The molecule has 0 bridgehead atoms. The number of hydrazine groups is 1. The normalized spacial score (nSPS) is 12.8. The number of rotatable bonds is 10. The van der Waals surface area contributed by atoms with Crippen LogP contribution < -0.4 is 21.9 Å². The molecule has 8 aromatic rings. The number of benzene rings is 7. The zero-order valence-electron chi connectivity index (χ0n) is 26.4. The van der Waals surface area contributed by atoms with E-state index in [0.717, 1.165) is 38.8 Å². The molecule has 7 aromatic carbocycles. The average Bonchev–Trinajstić information content (AvgIpc) is 3.52. The number of nitrogens with two attached hydrogens (primary N) is 1. The maximum atomic E-state index is 7.17. The van der Waals surface area contributed by atoms with Gasteiger partial charge in [-0.15, -0.1) is 11.3 Å². The van der Waals surface area contributed by atoms with Gasteiger partial charge in [-0.2, -0.15) is 0 Å². The summed E-state index contributed by atoms with van der Waals surface area (Å²) in [5.74, 6) is 0. The van der Waals surface area contributed by atoms with Crippen molar-refractivity contribution in [2.24, 2.45) is 5.73 Å². The van der Waals surface area contributed by atoms with E-state index in [2.05, 4.69) is 168 Å². The molecule has 1 aromatic heterocycles. The zero-order valence-corrected chi connectivity index (χ0v) is 27.3. The predicted molar refractivity (Wildman–Crippen MR) is 205 cm³/mol. The van der Waals surface area contributed by atoms with Gasteiger partial charge in [0.25, 0.3) is 0 Å². The van der Waals surface area contributed by atoms with Crippen LogP contribution in [0.3, 0.4) is 0 Å². The van der Waals surface area contributed by atoms with Crippen LogP contribution >= 0.6 is 11.3 Å². The Morgan fingerprint density at radius 3 is 2.04 bits per heavy atom. The first kappa shape index (κ1) is 30.1. The van der Waals surface area contributed by atoms with Crippen molar-refractivity contribution >= 4 is 53.7 Å². The number of thiophene rings is 1. The Kier molecular flexibility index (Phi) is 8.41. The SMILES string of the molecule is N[C@@H](c1ccc(Nc2ccccc2-c2ccc3sc4ccccc4c3c2)c2ccccc12)C(NNCc1ccccc1)c1ccccc1. The fraction of sp³-hybridized carbons (Fsp3) is 0.0698. The van der Waals surface area contributed by atoms with Crippen LogP contribution in [0.2, 0.25) is 0 Å². The topological polar surface area (TPSA) is 62.1 Å². The lowest BCUT2D eigenvalue weighted by Gasteiger charge is -2.28. The van der Waals surface area contributed by atoms with E-state index in [1.54, 1.807) is 0 Å². The minimum absolute atomic E-state index is 0.152. The molecule has 4 nitrogen and oxygen atoms in total. The highest BCUT2D eigenvalue weighted by atomic mass is 32.1. The molecule has 0 spiro atoms. The average molecular weight is 641 g/mol. The van der Waals surface area contributed by atoms with Gasteiger partial charge in [-0.3, -0.25) is 5.43 Å². The molecule has 0 aliphatic carbocycles. The lowest BCUT2D eigenvalue weighted by Crippen LogP contribution is -2.40. The van der Waals surface area contributed by atoms with Crippen molar-refractivity contribution < 1.29 is 0 Å². The maximum Gasteiger partial charge on any atom is 0.0655 e. The molecule has 234 valence electrons. The first-order chi connectivity index (χ1) is 23.7. The van der Waals surface area contributed by atoms with Crippen molar-refractivity contribution in [1.82, 2.24) is 10.9 Å². The summed E-state index contributed by atoms with van der Waals surface area (Å²) < 4.78 is 2.62. The summed E-state index contributed by atoms with van der Waals surface area (Å²) in [4.78, 5) is 0. The van der Waals surface area contributed by atoms with Crippen molar-refractivity contribution in [3.8, 4) is 11.1 Å². The van der Waals surface area contributed by atoms with Crippen LogP contribution in [-0.2, 0) is 6.54 Å². The predicted octanol–water partition coefficient (Wildman–Crippen LogP) is 10.7. The molecule has 1 heterocycles. The number of fused-ring (bicyclic) bond motifs is 4. The molecule has 0 saturated carbocycles. The Morgan fingerprint density at radius 2 is 1.21 bits per heavy atom.